The minimum atomic E-state index is -4.54. The first-order valence-electron chi connectivity index (χ1n) is 7.12. The van der Waals surface area contributed by atoms with Gasteiger partial charge in [-0.15, -0.1) is 0 Å². The van der Waals surface area contributed by atoms with Crippen LogP contribution in [0.4, 0.5) is 17.6 Å². The van der Waals surface area contributed by atoms with Crippen LogP contribution in [0.25, 0.3) is 0 Å². The second kappa shape index (κ2) is 5.60. The van der Waals surface area contributed by atoms with Gasteiger partial charge in [0.2, 0.25) is 0 Å². The van der Waals surface area contributed by atoms with Crippen LogP contribution in [0.1, 0.15) is 31.2 Å². The molecular formula is C15H16F4O2S. The van der Waals surface area contributed by atoms with Crippen LogP contribution in [-0.2, 0) is 5.60 Å². The van der Waals surface area contributed by atoms with E-state index in [9.17, 15) is 22.7 Å². The Hall–Kier alpha value is -0.950. The molecule has 122 valence electrons. The number of hydrogen-bond donors (Lipinski definition) is 1. The van der Waals surface area contributed by atoms with Crippen molar-refractivity contribution in [2.45, 2.75) is 54.3 Å². The molecule has 2 unspecified atom stereocenters. The number of rotatable bonds is 4. The van der Waals surface area contributed by atoms with Crippen molar-refractivity contribution in [3.8, 4) is 5.75 Å². The van der Waals surface area contributed by atoms with Gasteiger partial charge in [0.1, 0.15) is 5.75 Å². The maximum absolute atomic E-state index is 13.0. The second-order valence-corrected chi connectivity index (χ2v) is 7.50. The van der Waals surface area contributed by atoms with E-state index < -0.39 is 18.1 Å². The van der Waals surface area contributed by atoms with E-state index in [0.29, 0.717) is 28.9 Å². The molecule has 2 aliphatic rings. The predicted octanol–water partition coefficient (Wildman–Crippen LogP) is 4.17. The van der Waals surface area contributed by atoms with Crippen molar-refractivity contribution in [2.24, 2.45) is 0 Å². The molecule has 2 heterocycles. The predicted molar refractivity (Wildman–Crippen MR) is 75.6 cm³/mol. The molecule has 0 saturated carbocycles. The summed E-state index contributed by atoms with van der Waals surface area (Å²) in [5.41, 5.74) is -0.649. The van der Waals surface area contributed by atoms with Crippen LogP contribution in [0.15, 0.2) is 24.3 Å². The van der Waals surface area contributed by atoms with E-state index >= 15 is 0 Å². The Balaban J connectivity index is 1.82. The zero-order valence-corrected chi connectivity index (χ0v) is 12.5. The van der Waals surface area contributed by atoms with Crippen LogP contribution in [0, 0.1) is 0 Å². The summed E-state index contributed by atoms with van der Waals surface area (Å²) in [7, 11) is 0. The molecule has 3 rings (SSSR count). The first-order chi connectivity index (χ1) is 10.3. The highest BCUT2D eigenvalue weighted by molar-refractivity contribution is 8.00. The number of hydrogen-bond acceptors (Lipinski definition) is 3. The number of thioether (sulfide) groups is 1. The minimum absolute atomic E-state index is 0.357. The molecule has 0 aliphatic carbocycles. The third-order valence-corrected chi connectivity index (χ3v) is 5.78. The summed E-state index contributed by atoms with van der Waals surface area (Å²) in [5.74, 6) is -0.359. The first kappa shape index (κ1) is 15.9. The van der Waals surface area contributed by atoms with E-state index in [4.69, 9.17) is 0 Å². The van der Waals surface area contributed by atoms with Crippen molar-refractivity contribution in [1.82, 2.24) is 0 Å². The first-order valence-corrected chi connectivity index (χ1v) is 8.06. The molecule has 2 nitrogen and oxygen atoms in total. The molecule has 2 atom stereocenters. The lowest BCUT2D eigenvalue weighted by atomic mass is 9.86. The van der Waals surface area contributed by atoms with Crippen molar-refractivity contribution in [3.63, 3.8) is 0 Å². The molecule has 1 N–H and O–H groups in total. The van der Waals surface area contributed by atoms with Gasteiger partial charge in [0, 0.05) is 10.5 Å². The molecular weight excluding hydrogens is 320 g/mol. The highest BCUT2D eigenvalue weighted by atomic mass is 32.2. The molecule has 1 aromatic carbocycles. The number of fused-ring (bicyclic) bond motifs is 2. The quantitative estimate of drug-likeness (QED) is 0.837. The average molecular weight is 336 g/mol. The molecule has 2 saturated heterocycles. The summed E-state index contributed by atoms with van der Waals surface area (Å²) in [4.78, 5) is 0. The van der Waals surface area contributed by atoms with E-state index in [2.05, 4.69) is 4.74 Å². The van der Waals surface area contributed by atoms with Gasteiger partial charge in [0.15, 0.2) is 0 Å². The molecule has 2 bridgehead atoms. The normalized spacial score (nSPS) is 31.5. The molecule has 7 heteroatoms. The largest absolute Gasteiger partial charge is 0.461 e. The van der Waals surface area contributed by atoms with Gasteiger partial charge < -0.3 is 9.84 Å². The summed E-state index contributed by atoms with van der Waals surface area (Å²) in [5, 5.41) is 11.6. The lowest BCUT2D eigenvalue weighted by molar-refractivity contribution is -0.253. The van der Waals surface area contributed by atoms with Crippen molar-refractivity contribution in [2.75, 3.05) is 0 Å². The summed E-state index contributed by atoms with van der Waals surface area (Å²) >= 11 is 1.86. The van der Waals surface area contributed by atoms with Crippen LogP contribution in [-0.4, -0.2) is 28.1 Å². The topological polar surface area (TPSA) is 29.5 Å². The number of alkyl halides is 4. The summed E-state index contributed by atoms with van der Waals surface area (Å²) < 4.78 is 54.5. The maximum Gasteiger partial charge on any atom is 0.461 e. The fourth-order valence-corrected chi connectivity index (χ4v) is 5.04. The van der Waals surface area contributed by atoms with Crippen LogP contribution >= 0.6 is 11.8 Å². The van der Waals surface area contributed by atoms with Crippen molar-refractivity contribution in [1.29, 1.82) is 0 Å². The van der Waals surface area contributed by atoms with E-state index in [-0.39, 0.29) is 5.75 Å². The van der Waals surface area contributed by atoms with E-state index in [1.807, 2.05) is 11.8 Å². The summed E-state index contributed by atoms with van der Waals surface area (Å²) in [6, 6.07) is 5.50. The second-order valence-electron chi connectivity index (χ2n) is 5.89. The Morgan fingerprint density at radius 1 is 1.23 bits per heavy atom. The minimum Gasteiger partial charge on any atom is -0.428 e. The maximum atomic E-state index is 13.0. The van der Waals surface area contributed by atoms with Gasteiger partial charge in [-0.1, -0.05) is 12.1 Å². The Morgan fingerprint density at radius 2 is 1.86 bits per heavy atom. The third-order valence-electron chi connectivity index (χ3n) is 4.21. The van der Waals surface area contributed by atoms with Crippen molar-refractivity contribution < 1.29 is 27.4 Å². The van der Waals surface area contributed by atoms with Gasteiger partial charge in [-0.25, -0.2) is 0 Å². The van der Waals surface area contributed by atoms with Gasteiger partial charge in [-0.3, -0.25) is 0 Å². The summed E-state index contributed by atoms with van der Waals surface area (Å²) in [6.45, 7) is 0. The molecule has 22 heavy (non-hydrogen) atoms. The molecule has 2 fully saturated rings. The van der Waals surface area contributed by atoms with Crippen LogP contribution in [0.3, 0.4) is 0 Å². The van der Waals surface area contributed by atoms with E-state index in [1.165, 1.54) is 18.2 Å². The average Bonchev–Trinajstić information content (AvgIpc) is 2.78. The molecule has 2 aliphatic heterocycles. The standard InChI is InChI=1S/C15H16F4O2S/c16-13(17)15(18,19)21-10-3-1-2-9(6-10)14(20)7-11-4-5-12(8-14)22-11/h1-3,6,11-13,20H,4-5,7-8H2. The fraction of sp³-hybridized carbons (Fsp3) is 0.600. The highest BCUT2D eigenvalue weighted by Gasteiger charge is 2.46. The van der Waals surface area contributed by atoms with Crippen LogP contribution in [0.2, 0.25) is 0 Å². The third kappa shape index (κ3) is 3.06. The molecule has 1 aromatic rings. The van der Waals surface area contributed by atoms with Crippen LogP contribution < -0.4 is 4.74 Å². The molecule has 0 amide bonds. The highest BCUT2D eigenvalue weighted by Crippen LogP contribution is 2.51. The smallest absolute Gasteiger partial charge is 0.428 e. The lowest BCUT2D eigenvalue weighted by Gasteiger charge is -2.36. The zero-order chi connectivity index (χ0) is 16.0. The Labute approximate surface area is 129 Å². The number of ether oxygens (including phenoxy) is 1. The van der Waals surface area contributed by atoms with Gasteiger partial charge in [-0.2, -0.15) is 29.3 Å². The van der Waals surface area contributed by atoms with Gasteiger partial charge in [-0.05, 0) is 43.4 Å². The monoisotopic (exact) mass is 336 g/mol. The number of aliphatic hydroxyl groups is 1. The van der Waals surface area contributed by atoms with Gasteiger partial charge >= 0.3 is 12.5 Å². The molecule has 0 aromatic heterocycles. The number of halogens is 4. The van der Waals surface area contributed by atoms with E-state index in [1.54, 1.807) is 6.07 Å². The Morgan fingerprint density at radius 3 is 2.45 bits per heavy atom. The van der Waals surface area contributed by atoms with Crippen molar-refractivity contribution >= 4 is 11.8 Å². The summed E-state index contributed by atoms with van der Waals surface area (Å²) in [6.07, 6.45) is -5.27. The fourth-order valence-electron chi connectivity index (χ4n) is 3.20. The van der Waals surface area contributed by atoms with Gasteiger partial charge in [0.25, 0.3) is 0 Å². The van der Waals surface area contributed by atoms with Crippen LogP contribution in [0.5, 0.6) is 5.75 Å². The molecule has 0 spiro atoms. The SMILES string of the molecule is OC1(c2cccc(OC(F)(F)C(F)F)c2)CC2CCC(C1)S2. The van der Waals surface area contributed by atoms with Crippen molar-refractivity contribution in [3.05, 3.63) is 29.8 Å². The molecule has 0 radical (unpaired) electrons. The zero-order valence-electron chi connectivity index (χ0n) is 11.6. The Bertz CT molecular complexity index is 540. The van der Waals surface area contributed by atoms with Gasteiger partial charge in [0.05, 0.1) is 5.60 Å². The Kier molecular flexibility index (Phi) is 4.05. The lowest BCUT2D eigenvalue weighted by Crippen LogP contribution is -2.35. The number of benzene rings is 1. The van der Waals surface area contributed by atoms with E-state index in [0.717, 1.165) is 12.8 Å².